The number of hydrogen-bond donors (Lipinski definition) is 0. The van der Waals surface area contributed by atoms with E-state index in [0.717, 1.165) is 18.9 Å². The van der Waals surface area contributed by atoms with Gasteiger partial charge < -0.3 is 9.47 Å². The lowest BCUT2D eigenvalue weighted by atomic mass is 10.2. The summed E-state index contributed by atoms with van der Waals surface area (Å²) in [5.74, 6) is 0.0183. The van der Waals surface area contributed by atoms with E-state index in [2.05, 4.69) is 40.6 Å². The van der Waals surface area contributed by atoms with Crippen molar-refractivity contribution in [1.82, 2.24) is 14.5 Å². The Balaban J connectivity index is 2.14. The minimum atomic E-state index is -1.21. The molecule has 0 saturated carbocycles. The van der Waals surface area contributed by atoms with Crippen molar-refractivity contribution in [3.63, 3.8) is 0 Å². The van der Waals surface area contributed by atoms with Crippen molar-refractivity contribution >= 4 is 30.1 Å². The van der Waals surface area contributed by atoms with Gasteiger partial charge in [-0.25, -0.2) is 9.78 Å². The second-order valence-electron chi connectivity index (χ2n) is 9.16. The molecule has 0 spiro atoms. The third-order valence-electron chi connectivity index (χ3n) is 4.29. The summed E-state index contributed by atoms with van der Waals surface area (Å²) in [5, 5.41) is 0. The zero-order chi connectivity index (χ0) is 20.4. The highest BCUT2D eigenvalue weighted by Crippen LogP contribution is 2.34. The molecule has 1 fully saturated rings. The van der Waals surface area contributed by atoms with E-state index in [1.807, 2.05) is 20.8 Å². The fourth-order valence-corrected chi connectivity index (χ4v) is 4.06. The second kappa shape index (κ2) is 8.61. The summed E-state index contributed by atoms with van der Waals surface area (Å²) in [6, 6.07) is 0.689. The maximum atomic E-state index is 14.6. The molecular formula is C18H31BrFN3O3Si. The second-order valence-corrected chi connectivity index (χ2v) is 15.5. The predicted molar refractivity (Wildman–Crippen MR) is 109 cm³/mol. The number of hydrogen-bond acceptors (Lipinski definition) is 4. The van der Waals surface area contributed by atoms with Crippen molar-refractivity contribution in [1.29, 1.82) is 0 Å². The number of imidazole rings is 1. The molecule has 1 aliphatic heterocycles. The van der Waals surface area contributed by atoms with Gasteiger partial charge in [0.25, 0.3) is 0 Å². The Bertz CT molecular complexity index is 670. The van der Waals surface area contributed by atoms with Gasteiger partial charge in [0.15, 0.2) is 4.60 Å². The smallest absolute Gasteiger partial charge is 0.410 e. The Morgan fingerprint density at radius 2 is 2.04 bits per heavy atom. The molecule has 1 aromatic heterocycles. The van der Waals surface area contributed by atoms with Crippen molar-refractivity contribution in [2.24, 2.45) is 0 Å². The normalized spacial score (nSPS) is 18.2. The zero-order valence-corrected chi connectivity index (χ0v) is 19.7. The highest BCUT2D eigenvalue weighted by atomic mass is 79.9. The number of ether oxygens (including phenoxy) is 2. The van der Waals surface area contributed by atoms with Crippen LogP contribution in [0.4, 0.5) is 9.18 Å². The minimum absolute atomic E-state index is 0.0862. The predicted octanol–water partition coefficient (Wildman–Crippen LogP) is 5.17. The fourth-order valence-electron chi connectivity index (χ4n) is 2.90. The van der Waals surface area contributed by atoms with E-state index in [0.29, 0.717) is 19.0 Å². The van der Waals surface area contributed by atoms with Gasteiger partial charge in [0.2, 0.25) is 5.95 Å². The first kappa shape index (κ1) is 22.4. The van der Waals surface area contributed by atoms with Gasteiger partial charge in [0.1, 0.15) is 18.2 Å². The Morgan fingerprint density at radius 3 is 2.63 bits per heavy atom. The summed E-state index contributed by atoms with van der Waals surface area (Å²) in [7, 11) is -1.21. The first-order valence-corrected chi connectivity index (χ1v) is 13.9. The van der Waals surface area contributed by atoms with Crippen molar-refractivity contribution in [2.45, 2.75) is 77.7 Å². The van der Waals surface area contributed by atoms with Crippen molar-refractivity contribution in [3.05, 3.63) is 16.4 Å². The molecule has 1 atom stereocenters. The maximum Gasteiger partial charge on any atom is 0.410 e. The van der Waals surface area contributed by atoms with Gasteiger partial charge in [-0.2, -0.15) is 4.39 Å². The number of halogens is 2. The van der Waals surface area contributed by atoms with Gasteiger partial charge in [-0.05, 0) is 55.6 Å². The Morgan fingerprint density at radius 1 is 1.37 bits per heavy atom. The Kier molecular flexibility index (Phi) is 7.13. The molecule has 2 rings (SSSR count). The van der Waals surface area contributed by atoms with Crippen molar-refractivity contribution < 1.29 is 18.7 Å². The number of carbonyl (C=O) groups excluding carboxylic acids is 1. The topological polar surface area (TPSA) is 56.6 Å². The first-order valence-electron chi connectivity index (χ1n) is 9.38. The van der Waals surface area contributed by atoms with Crippen LogP contribution < -0.4 is 0 Å². The van der Waals surface area contributed by atoms with E-state index in [9.17, 15) is 9.18 Å². The number of aromatic nitrogens is 2. The summed E-state index contributed by atoms with van der Waals surface area (Å²) >= 11 is 3.17. The van der Waals surface area contributed by atoms with E-state index in [1.165, 1.54) is 4.57 Å². The van der Waals surface area contributed by atoms with Gasteiger partial charge in [-0.1, -0.05) is 19.6 Å². The van der Waals surface area contributed by atoms with Gasteiger partial charge in [0, 0.05) is 21.2 Å². The first-order chi connectivity index (χ1) is 12.4. The molecule has 0 aliphatic carbocycles. The van der Waals surface area contributed by atoms with E-state index in [1.54, 1.807) is 4.90 Å². The molecule has 0 bridgehead atoms. The lowest BCUT2D eigenvalue weighted by molar-refractivity contribution is 0.0200. The monoisotopic (exact) mass is 463 g/mol. The molecule has 0 N–H and O–H groups in total. The molecule has 9 heteroatoms. The van der Waals surface area contributed by atoms with E-state index in [4.69, 9.17) is 9.47 Å². The summed E-state index contributed by atoms with van der Waals surface area (Å²) < 4.78 is 27.4. The van der Waals surface area contributed by atoms with Crippen LogP contribution in [0.2, 0.25) is 25.7 Å². The Hall–Kier alpha value is -0.933. The van der Waals surface area contributed by atoms with E-state index >= 15 is 0 Å². The Labute approximate surface area is 170 Å². The third kappa shape index (κ3) is 6.28. The molecule has 0 unspecified atom stereocenters. The average Bonchev–Trinajstić information content (AvgIpc) is 3.08. The van der Waals surface area contributed by atoms with Gasteiger partial charge in [0.05, 0.1) is 6.04 Å². The summed E-state index contributed by atoms with van der Waals surface area (Å²) in [6.45, 7) is 13.6. The number of nitrogens with zero attached hydrogens (tertiary/aromatic N) is 3. The highest BCUT2D eigenvalue weighted by molar-refractivity contribution is 9.10. The molecule has 1 aromatic rings. The summed E-state index contributed by atoms with van der Waals surface area (Å²) in [6.07, 6.45) is 1.15. The van der Waals surface area contributed by atoms with Gasteiger partial charge >= 0.3 is 6.09 Å². The number of rotatable bonds is 6. The van der Waals surface area contributed by atoms with Crippen LogP contribution in [0.15, 0.2) is 4.60 Å². The SMILES string of the molecule is CC(C)(C)OC(=O)N1CCC[C@H]1c1nc(Br)c(F)n1COCC[Si](C)(C)C. The molecule has 6 nitrogen and oxygen atoms in total. The van der Waals surface area contributed by atoms with E-state index in [-0.39, 0.29) is 17.4 Å². The van der Waals surface area contributed by atoms with Crippen molar-refractivity contribution in [2.75, 3.05) is 13.2 Å². The fraction of sp³-hybridized carbons (Fsp3) is 0.778. The number of carbonyl (C=O) groups is 1. The van der Waals surface area contributed by atoms with Crippen LogP contribution in [0.5, 0.6) is 0 Å². The molecule has 0 aromatic carbocycles. The molecule has 27 heavy (non-hydrogen) atoms. The summed E-state index contributed by atoms with van der Waals surface area (Å²) in [5.41, 5.74) is -0.578. The highest BCUT2D eigenvalue weighted by Gasteiger charge is 2.37. The standard InChI is InChI=1S/C18H31BrFN3O3Si/c1-18(2,3)26-17(24)22-9-7-8-13(22)16-21-14(19)15(20)23(16)12-25-10-11-27(4,5)6/h13H,7-12H2,1-6H3/t13-/m0/s1. The summed E-state index contributed by atoms with van der Waals surface area (Å²) in [4.78, 5) is 18.5. The van der Waals surface area contributed by atoms with Crippen LogP contribution in [0, 0.1) is 5.95 Å². The minimum Gasteiger partial charge on any atom is -0.444 e. The maximum absolute atomic E-state index is 14.6. The molecule has 154 valence electrons. The molecule has 2 heterocycles. The number of amides is 1. The van der Waals surface area contributed by atoms with Crippen LogP contribution in [0.25, 0.3) is 0 Å². The zero-order valence-electron chi connectivity index (χ0n) is 17.1. The van der Waals surface area contributed by atoms with Crippen molar-refractivity contribution in [3.8, 4) is 0 Å². The van der Waals surface area contributed by atoms with Crippen LogP contribution in [0.3, 0.4) is 0 Å². The van der Waals surface area contributed by atoms with Gasteiger partial charge in [-0.15, -0.1) is 0 Å². The molecule has 1 amide bonds. The number of likely N-dealkylation sites (tertiary alicyclic amines) is 1. The molecule has 1 saturated heterocycles. The lowest BCUT2D eigenvalue weighted by Crippen LogP contribution is -2.37. The molecule has 0 radical (unpaired) electrons. The average molecular weight is 464 g/mol. The quantitative estimate of drug-likeness (QED) is 0.431. The van der Waals surface area contributed by atoms with Crippen LogP contribution in [-0.2, 0) is 16.2 Å². The van der Waals surface area contributed by atoms with Crippen LogP contribution >= 0.6 is 15.9 Å². The molecular weight excluding hydrogens is 433 g/mol. The third-order valence-corrected chi connectivity index (χ3v) is 6.50. The lowest BCUT2D eigenvalue weighted by Gasteiger charge is -2.28. The molecule has 1 aliphatic rings. The van der Waals surface area contributed by atoms with Crippen LogP contribution in [-0.4, -0.2) is 47.4 Å². The largest absolute Gasteiger partial charge is 0.444 e. The van der Waals surface area contributed by atoms with Crippen LogP contribution in [0.1, 0.15) is 45.5 Å². The van der Waals surface area contributed by atoms with Gasteiger partial charge in [-0.3, -0.25) is 9.47 Å². The van der Waals surface area contributed by atoms with E-state index < -0.39 is 25.7 Å².